The normalized spacial score (nSPS) is 14.4. The van der Waals surface area contributed by atoms with Crippen molar-refractivity contribution in [2.45, 2.75) is 6.61 Å². The summed E-state index contributed by atoms with van der Waals surface area (Å²) in [5.74, 6) is -0.293. The molecular formula is C21H21I3N2O4. The van der Waals surface area contributed by atoms with Crippen molar-refractivity contribution in [1.82, 2.24) is 9.80 Å². The molecule has 1 aliphatic rings. The fourth-order valence-corrected chi connectivity index (χ4v) is 5.39. The van der Waals surface area contributed by atoms with Crippen molar-refractivity contribution >= 4 is 79.8 Å². The number of carbonyl (C=O) groups excluding carboxylic acids is 2. The van der Waals surface area contributed by atoms with Crippen molar-refractivity contribution in [3.8, 4) is 0 Å². The first-order valence-electron chi connectivity index (χ1n) is 9.43. The predicted molar refractivity (Wildman–Crippen MR) is 140 cm³/mol. The number of ether oxygens (including phenoxy) is 2. The molecule has 0 bridgehead atoms. The van der Waals surface area contributed by atoms with E-state index >= 15 is 0 Å². The maximum Gasteiger partial charge on any atom is 0.410 e. The summed E-state index contributed by atoms with van der Waals surface area (Å²) in [6.07, 6.45) is -0.284. The van der Waals surface area contributed by atoms with Gasteiger partial charge < -0.3 is 14.4 Å². The highest BCUT2D eigenvalue weighted by Gasteiger charge is 2.22. The van der Waals surface area contributed by atoms with Crippen LogP contribution in [-0.2, 0) is 16.1 Å². The van der Waals surface area contributed by atoms with Crippen LogP contribution in [0.5, 0.6) is 0 Å². The minimum Gasteiger partial charge on any atom is -0.461 e. The predicted octanol–water partition coefficient (Wildman–Crippen LogP) is 4.61. The summed E-state index contributed by atoms with van der Waals surface area (Å²) < 4.78 is 13.9. The number of halogens is 3. The zero-order valence-corrected chi connectivity index (χ0v) is 22.6. The van der Waals surface area contributed by atoms with E-state index in [9.17, 15) is 9.59 Å². The van der Waals surface area contributed by atoms with E-state index in [-0.39, 0.29) is 18.7 Å². The minimum absolute atomic E-state index is 0.284. The third-order valence-electron chi connectivity index (χ3n) is 4.69. The van der Waals surface area contributed by atoms with E-state index in [1.807, 2.05) is 42.5 Å². The van der Waals surface area contributed by atoms with Crippen LogP contribution in [0.25, 0.3) is 0 Å². The summed E-state index contributed by atoms with van der Waals surface area (Å²) in [6, 6.07) is 13.5. The first-order valence-corrected chi connectivity index (χ1v) is 12.7. The van der Waals surface area contributed by atoms with Gasteiger partial charge in [0.05, 0.1) is 5.56 Å². The SMILES string of the molecule is O=C(OCCN1CCN(C(=O)OCc2ccccc2)CC1)c1cc(I)cc(I)c1I. The van der Waals surface area contributed by atoms with Crippen LogP contribution in [0.3, 0.4) is 0 Å². The lowest BCUT2D eigenvalue weighted by Crippen LogP contribution is -2.49. The molecule has 0 radical (unpaired) electrons. The molecule has 3 rings (SSSR count). The highest BCUT2D eigenvalue weighted by atomic mass is 127. The van der Waals surface area contributed by atoms with Crippen LogP contribution in [0.15, 0.2) is 42.5 Å². The van der Waals surface area contributed by atoms with Gasteiger partial charge in [0, 0.05) is 43.4 Å². The van der Waals surface area contributed by atoms with E-state index in [1.54, 1.807) is 4.90 Å². The molecule has 0 spiro atoms. The molecule has 0 saturated carbocycles. The minimum atomic E-state index is -0.293. The molecule has 9 heteroatoms. The van der Waals surface area contributed by atoms with Crippen molar-refractivity contribution in [1.29, 1.82) is 0 Å². The topological polar surface area (TPSA) is 59.1 Å². The van der Waals surface area contributed by atoms with Crippen molar-refractivity contribution < 1.29 is 19.1 Å². The molecule has 1 saturated heterocycles. The zero-order chi connectivity index (χ0) is 21.5. The molecule has 0 unspecified atom stereocenters. The summed E-state index contributed by atoms with van der Waals surface area (Å²) in [7, 11) is 0. The molecular weight excluding hydrogens is 725 g/mol. The number of hydrogen-bond acceptors (Lipinski definition) is 5. The number of carbonyl (C=O) groups is 2. The fraction of sp³-hybridized carbons (Fsp3) is 0.333. The molecule has 30 heavy (non-hydrogen) atoms. The molecule has 1 amide bonds. The number of amides is 1. The van der Waals surface area contributed by atoms with Gasteiger partial charge in [-0.1, -0.05) is 30.3 Å². The Kier molecular flexibility index (Phi) is 9.44. The van der Waals surface area contributed by atoms with Crippen molar-refractivity contribution in [2.75, 3.05) is 39.3 Å². The Morgan fingerprint density at radius 2 is 1.63 bits per heavy atom. The van der Waals surface area contributed by atoms with Gasteiger partial charge >= 0.3 is 12.1 Å². The lowest BCUT2D eigenvalue weighted by molar-refractivity contribution is 0.0403. The summed E-state index contributed by atoms with van der Waals surface area (Å²) in [6.45, 7) is 3.94. The van der Waals surface area contributed by atoms with Crippen molar-refractivity contribution in [3.63, 3.8) is 0 Å². The van der Waals surface area contributed by atoms with Crippen molar-refractivity contribution in [2.24, 2.45) is 0 Å². The Hall–Kier alpha value is -0.670. The van der Waals surface area contributed by atoms with Crippen LogP contribution in [0.2, 0.25) is 0 Å². The molecule has 2 aromatic carbocycles. The summed E-state index contributed by atoms with van der Waals surface area (Å²) >= 11 is 6.61. The Bertz CT molecular complexity index is 887. The van der Waals surface area contributed by atoms with Crippen LogP contribution in [-0.4, -0.2) is 61.2 Å². The maximum absolute atomic E-state index is 12.4. The van der Waals surface area contributed by atoms with Gasteiger partial charge in [0.2, 0.25) is 0 Å². The quantitative estimate of drug-likeness (QED) is 0.246. The van der Waals surface area contributed by atoms with Gasteiger partial charge in [-0.05, 0) is 85.5 Å². The number of piperazine rings is 1. The van der Waals surface area contributed by atoms with Gasteiger partial charge in [0.15, 0.2) is 0 Å². The van der Waals surface area contributed by atoms with Crippen LogP contribution in [0.4, 0.5) is 4.79 Å². The number of benzene rings is 2. The molecule has 0 aliphatic carbocycles. The summed E-state index contributed by atoms with van der Waals surface area (Å²) in [5, 5.41) is 0. The second-order valence-electron chi connectivity index (χ2n) is 6.75. The molecule has 1 heterocycles. The van der Waals surface area contributed by atoms with E-state index in [4.69, 9.17) is 9.47 Å². The highest BCUT2D eigenvalue weighted by Crippen LogP contribution is 2.23. The van der Waals surface area contributed by atoms with Gasteiger partial charge in [0.1, 0.15) is 13.2 Å². The third kappa shape index (κ3) is 6.92. The molecule has 0 N–H and O–H groups in total. The van der Waals surface area contributed by atoms with Gasteiger partial charge in [-0.2, -0.15) is 0 Å². The van der Waals surface area contributed by atoms with E-state index in [0.717, 1.165) is 29.4 Å². The number of esters is 1. The van der Waals surface area contributed by atoms with E-state index < -0.39 is 0 Å². The molecule has 0 atom stereocenters. The molecule has 1 fully saturated rings. The summed E-state index contributed by atoms with van der Waals surface area (Å²) in [4.78, 5) is 28.6. The van der Waals surface area contributed by atoms with E-state index in [0.29, 0.717) is 31.8 Å². The number of nitrogens with zero attached hydrogens (tertiary/aromatic N) is 2. The monoisotopic (exact) mass is 746 g/mol. The van der Waals surface area contributed by atoms with Crippen LogP contribution in [0, 0.1) is 10.7 Å². The standard InChI is InChI=1S/C21H21I3N2O4/c22-16-12-17(19(24)18(23)13-16)20(27)29-11-10-25-6-8-26(9-7-25)21(28)30-14-15-4-2-1-3-5-15/h1-5,12-13H,6-11,14H2. The average molecular weight is 746 g/mol. The van der Waals surface area contributed by atoms with Crippen LogP contribution in [0.1, 0.15) is 15.9 Å². The molecule has 0 aromatic heterocycles. The highest BCUT2D eigenvalue weighted by molar-refractivity contribution is 14.1. The molecule has 160 valence electrons. The van der Waals surface area contributed by atoms with Gasteiger partial charge in [-0.25, -0.2) is 9.59 Å². The van der Waals surface area contributed by atoms with Crippen LogP contribution < -0.4 is 0 Å². The Morgan fingerprint density at radius 3 is 2.33 bits per heavy atom. The Morgan fingerprint density at radius 1 is 0.933 bits per heavy atom. The fourth-order valence-electron chi connectivity index (χ4n) is 3.01. The maximum atomic E-state index is 12.4. The van der Waals surface area contributed by atoms with E-state index in [2.05, 4.69) is 72.7 Å². The van der Waals surface area contributed by atoms with Gasteiger partial charge in [-0.15, -0.1) is 0 Å². The molecule has 6 nitrogen and oxygen atoms in total. The largest absolute Gasteiger partial charge is 0.461 e. The number of rotatable bonds is 6. The van der Waals surface area contributed by atoms with Gasteiger partial charge in [0.25, 0.3) is 0 Å². The summed E-state index contributed by atoms with van der Waals surface area (Å²) in [5.41, 5.74) is 1.58. The second kappa shape index (κ2) is 11.8. The lowest BCUT2D eigenvalue weighted by Gasteiger charge is -2.33. The Labute approximate surface area is 217 Å². The smallest absolute Gasteiger partial charge is 0.410 e. The average Bonchev–Trinajstić information content (AvgIpc) is 2.75. The molecule has 2 aromatic rings. The second-order valence-corrected chi connectivity index (χ2v) is 10.2. The van der Waals surface area contributed by atoms with Crippen LogP contribution >= 0.6 is 67.8 Å². The van der Waals surface area contributed by atoms with Crippen molar-refractivity contribution in [3.05, 3.63) is 64.3 Å². The first-order chi connectivity index (χ1) is 14.4. The van der Waals surface area contributed by atoms with E-state index in [1.165, 1.54) is 0 Å². The lowest BCUT2D eigenvalue weighted by atomic mass is 10.2. The molecule has 1 aliphatic heterocycles. The third-order valence-corrected chi connectivity index (χ3v) is 8.36. The number of hydrogen-bond donors (Lipinski definition) is 0. The first kappa shape index (κ1) is 24.0. The van der Waals surface area contributed by atoms with Gasteiger partial charge in [-0.3, -0.25) is 4.90 Å². The Balaban J connectivity index is 1.38. The zero-order valence-electron chi connectivity index (χ0n) is 16.2.